The van der Waals surface area contributed by atoms with Crippen LogP contribution in [-0.4, -0.2) is 10.9 Å². The van der Waals surface area contributed by atoms with Gasteiger partial charge in [0.2, 0.25) is 0 Å². The summed E-state index contributed by atoms with van der Waals surface area (Å²) in [5.41, 5.74) is 7.31. The van der Waals surface area contributed by atoms with E-state index in [0.29, 0.717) is 33.3 Å². The van der Waals surface area contributed by atoms with Gasteiger partial charge in [-0.3, -0.25) is 4.79 Å². The molecule has 26 heavy (non-hydrogen) atoms. The van der Waals surface area contributed by atoms with Crippen LogP contribution in [0.3, 0.4) is 0 Å². The van der Waals surface area contributed by atoms with Gasteiger partial charge in [0, 0.05) is 23.5 Å². The molecule has 0 saturated heterocycles. The van der Waals surface area contributed by atoms with Crippen molar-refractivity contribution >= 4 is 29.0 Å². The van der Waals surface area contributed by atoms with Crippen molar-refractivity contribution < 1.29 is 9.53 Å². The van der Waals surface area contributed by atoms with Crippen molar-refractivity contribution in [3.8, 4) is 17.6 Å². The highest BCUT2D eigenvalue weighted by Crippen LogP contribution is 2.29. The van der Waals surface area contributed by atoms with Crippen molar-refractivity contribution in [1.82, 2.24) is 4.98 Å². The Morgan fingerprint density at radius 2 is 1.85 bits per heavy atom. The maximum atomic E-state index is 12.2. The van der Waals surface area contributed by atoms with Crippen LogP contribution in [0.2, 0.25) is 5.02 Å². The first kappa shape index (κ1) is 17.3. The van der Waals surface area contributed by atoms with E-state index >= 15 is 0 Å². The molecule has 3 aromatic rings. The minimum Gasteiger partial charge on any atom is -0.453 e. The van der Waals surface area contributed by atoms with Crippen LogP contribution in [0.25, 0.3) is 0 Å². The summed E-state index contributed by atoms with van der Waals surface area (Å²) in [6.45, 7) is 0. The van der Waals surface area contributed by atoms with E-state index in [1.54, 1.807) is 54.6 Å². The summed E-state index contributed by atoms with van der Waals surface area (Å²) >= 11 is 5.88. The van der Waals surface area contributed by atoms with E-state index in [1.807, 2.05) is 6.07 Å². The quantitative estimate of drug-likeness (QED) is 0.721. The zero-order valence-electron chi connectivity index (χ0n) is 13.4. The monoisotopic (exact) mass is 364 g/mol. The van der Waals surface area contributed by atoms with E-state index in [0.717, 1.165) is 0 Å². The number of anilines is 2. The summed E-state index contributed by atoms with van der Waals surface area (Å²) in [4.78, 5) is 16.1. The molecule has 2 aromatic carbocycles. The fourth-order valence-electron chi connectivity index (χ4n) is 2.15. The van der Waals surface area contributed by atoms with E-state index in [1.165, 1.54) is 6.20 Å². The van der Waals surface area contributed by atoms with Crippen LogP contribution in [0.15, 0.2) is 60.8 Å². The molecule has 0 spiro atoms. The van der Waals surface area contributed by atoms with Gasteiger partial charge in [-0.25, -0.2) is 4.98 Å². The van der Waals surface area contributed by atoms with Crippen molar-refractivity contribution in [3.05, 3.63) is 76.9 Å². The Labute approximate surface area is 154 Å². The number of nitrogens with two attached hydrogens (primary N) is 1. The molecular weight excluding hydrogens is 352 g/mol. The van der Waals surface area contributed by atoms with Crippen LogP contribution in [0.5, 0.6) is 11.5 Å². The highest BCUT2D eigenvalue weighted by molar-refractivity contribution is 6.30. The summed E-state index contributed by atoms with van der Waals surface area (Å²) < 4.78 is 5.64. The number of benzene rings is 2. The molecular formula is C19H13ClN4O2. The maximum absolute atomic E-state index is 12.2. The van der Waals surface area contributed by atoms with E-state index in [9.17, 15) is 4.79 Å². The minimum absolute atomic E-state index is 0.229. The standard InChI is InChI=1S/C19H13ClN4O2/c20-14-9-17(18(22)23-11-14)26-16-7-5-15(6-8-16)24-19(25)13-3-1-12(10-21)2-4-13/h1-9,11H,(H2,22,23)(H,24,25). The Balaban J connectivity index is 1.68. The predicted molar refractivity (Wildman–Crippen MR) is 99.3 cm³/mol. The molecule has 0 saturated carbocycles. The number of carbonyl (C=O) groups is 1. The van der Waals surface area contributed by atoms with Gasteiger partial charge >= 0.3 is 0 Å². The molecule has 0 radical (unpaired) electrons. The zero-order chi connectivity index (χ0) is 18.5. The molecule has 1 aromatic heterocycles. The van der Waals surface area contributed by atoms with Crippen molar-refractivity contribution in [2.24, 2.45) is 0 Å². The van der Waals surface area contributed by atoms with Crippen LogP contribution >= 0.6 is 11.6 Å². The molecule has 6 nitrogen and oxygen atoms in total. The number of hydrogen-bond acceptors (Lipinski definition) is 5. The van der Waals surface area contributed by atoms with Crippen LogP contribution in [0, 0.1) is 11.3 Å². The van der Waals surface area contributed by atoms with Gasteiger partial charge in [-0.15, -0.1) is 0 Å². The van der Waals surface area contributed by atoms with Gasteiger partial charge in [0.25, 0.3) is 5.91 Å². The topological polar surface area (TPSA) is 101 Å². The molecule has 3 N–H and O–H groups in total. The van der Waals surface area contributed by atoms with Crippen molar-refractivity contribution in [2.75, 3.05) is 11.1 Å². The predicted octanol–water partition coefficient (Wildman–Crippen LogP) is 4.23. The van der Waals surface area contributed by atoms with Gasteiger partial charge in [-0.1, -0.05) is 11.6 Å². The smallest absolute Gasteiger partial charge is 0.255 e. The fraction of sp³-hybridized carbons (Fsp3) is 0. The third-order valence-electron chi connectivity index (χ3n) is 3.46. The van der Waals surface area contributed by atoms with Gasteiger partial charge in [-0.05, 0) is 48.5 Å². The number of pyridine rings is 1. The number of nitriles is 1. The second-order valence-corrected chi connectivity index (χ2v) is 5.74. The highest BCUT2D eigenvalue weighted by Gasteiger charge is 2.08. The minimum atomic E-state index is -0.272. The van der Waals surface area contributed by atoms with Crippen molar-refractivity contribution in [3.63, 3.8) is 0 Å². The van der Waals surface area contributed by atoms with Crippen LogP contribution in [0.4, 0.5) is 11.5 Å². The van der Waals surface area contributed by atoms with Gasteiger partial charge in [0.15, 0.2) is 11.6 Å². The Hall–Kier alpha value is -3.56. The molecule has 0 aliphatic rings. The molecule has 1 heterocycles. The lowest BCUT2D eigenvalue weighted by atomic mass is 10.1. The molecule has 1 amide bonds. The Morgan fingerprint density at radius 3 is 2.50 bits per heavy atom. The Kier molecular flexibility index (Phi) is 5.02. The zero-order valence-corrected chi connectivity index (χ0v) is 14.2. The SMILES string of the molecule is N#Cc1ccc(C(=O)Nc2ccc(Oc3cc(Cl)cnc3N)cc2)cc1. The molecule has 128 valence electrons. The first-order chi connectivity index (χ1) is 12.5. The number of ether oxygens (including phenoxy) is 1. The van der Waals surface area contributed by atoms with Gasteiger partial charge in [0.1, 0.15) is 5.75 Å². The maximum Gasteiger partial charge on any atom is 0.255 e. The molecule has 3 rings (SSSR count). The lowest BCUT2D eigenvalue weighted by Gasteiger charge is -2.09. The average Bonchev–Trinajstić information content (AvgIpc) is 2.66. The van der Waals surface area contributed by atoms with E-state index in [-0.39, 0.29) is 11.7 Å². The van der Waals surface area contributed by atoms with E-state index in [2.05, 4.69) is 10.3 Å². The lowest BCUT2D eigenvalue weighted by Crippen LogP contribution is -2.11. The molecule has 7 heteroatoms. The van der Waals surface area contributed by atoms with Crippen molar-refractivity contribution in [1.29, 1.82) is 5.26 Å². The van der Waals surface area contributed by atoms with Gasteiger partial charge in [0.05, 0.1) is 16.7 Å². The largest absolute Gasteiger partial charge is 0.453 e. The molecule has 0 unspecified atom stereocenters. The number of carbonyl (C=O) groups excluding carboxylic acids is 1. The average molecular weight is 365 g/mol. The van der Waals surface area contributed by atoms with Gasteiger partial charge < -0.3 is 15.8 Å². The number of aromatic nitrogens is 1. The normalized spacial score (nSPS) is 10.0. The Morgan fingerprint density at radius 1 is 1.15 bits per heavy atom. The van der Waals surface area contributed by atoms with Crippen LogP contribution < -0.4 is 15.8 Å². The first-order valence-corrected chi connectivity index (χ1v) is 7.93. The Bertz CT molecular complexity index is 980. The molecule has 0 fully saturated rings. The van der Waals surface area contributed by atoms with E-state index in [4.69, 9.17) is 27.3 Å². The summed E-state index contributed by atoms with van der Waals surface area (Å²) in [7, 11) is 0. The van der Waals surface area contributed by atoms with E-state index < -0.39 is 0 Å². The number of rotatable bonds is 4. The van der Waals surface area contributed by atoms with Crippen molar-refractivity contribution in [2.45, 2.75) is 0 Å². The number of hydrogen-bond donors (Lipinski definition) is 2. The summed E-state index contributed by atoms with van der Waals surface area (Å²) in [6.07, 6.45) is 1.44. The van der Waals surface area contributed by atoms with Crippen LogP contribution in [-0.2, 0) is 0 Å². The summed E-state index contributed by atoms with van der Waals surface area (Å²) in [6, 6.07) is 16.7. The first-order valence-electron chi connectivity index (χ1n) is 7.55. The number of amides is 1. The highest BCUT2D eigenvalue weighted by atomic mass is 35.5. The number of halogens is 1. The molecule has 0 bridgehead atoms. The third kappa shape index (κ3) is 4.09. The number of nitrogen functional groups attached to an aromatic ring is 1. The number of nitrogens with one attached hydrogen (secondary N) is 1. The molecule has 0 atom stereocenters. The molecule has 0 aliphatic carbocycles. The lowest BCUT2D eigenvalue weighted by molar-refractivity contribution is 0.102. The number of nitrogens with zero attached hydrogens (tertiary/aromatic N) is 2. The van der Waals surface area contributed by atoms with Gasteiger partial charge in [-0.2, -0.15) is 5.26 Å². The second kappa shape index (κ2) is 7.55. The van der Waals surface area contributed by atoms with Crippen LogP contribution in [0.1, 0.15) is 15.9 Å². The molecule has 0 aliphatic heterocycles. The fourth-order valence-corrected chi connectivity index (χ4v) is 2.29. The second-order valence-electron chi connectivity index (χ2n) is 5.31. The summed E-state index contributed by atoms with van der Waals surface area (Å²) in [5, 5.41) is 12.0. The summed E-state index contributed by atoms with van der Waals surface area (Å²) in [5.74, 6) is 0.836. The third-order valence-corrected chi connectivity index (χ3v) is 3.67.